The second kappa shape index (κ2) is 9.33. The molecular formula is C23H22ClN5O4. The number of hydrogen-bond donors (Lipinski definition) is 1. The van der Waals surface area contributed by atoms with Crippen molar-refractivity contribution < 1.29 is 18.8 Å². The van der Waals surface area contributed by atoms with Crippen LogP contribution in [-0.2, 0) is 6.42 Å². The Hall–Kier alpha value is -3.85. The summed E-state index contributed by atoms with van der Waals surface area (Å²) in [5.74, 6) is 1.65. The Balaban J connectivity index is 1.56. The number of ether oxygens (including phenoxy) is 2. The van der Waals surface area contributed by atoms with Crippen LogP contribution in [0.1, 0.15) is 28.9 Å². The van der Waals surface area contributed by atoms with E-state index in [9.17, 15) is 4.79 Å². The molecule has 2 aromatic heterocycles. The van der Waals surface area contributed by atoms with E-state index in [2.05, 4.69) is 20.6 Å². The van der Waals surface area contributed by atoms with E-state index >= 15 is 0 Å². The summed E-state index contributed by atoms with van der Waals surface area (Å²) < 4.78 is 17.4. The summed E-state index contributed by atoms with van der Waals surface area (Å²) in [5, 5.41) is 11.6. The molecule has 0 unspecified atom stereocenters. The molecular weight excluding hydrogens is 446 g/mol. The van der Waals surface area contributed by atoms with Crippen molar-refractivity contribution >= 4 is 23.2 Å². The topological polar surface area (TPSA) is 104 Å². The molecule has 2 heterocycles. The third-order valence-corrected chi connectivity index (χ3v) is 5.32. The fraction of sp³-hybridized carbons (Fsp3) is 0.217. The van der Waals surface area contributed by atoms with Gasteiger partial charge in [0, 0.05) is 24.2 Å². The van der Waals surface area contributed by atoms with Gasteiger partial charge in [0.1, 0.15) is 11.5 Å². The highest BCUT2D eigenvalue weighted by atomic mass is 35.5. The summed E-state index contributed by atoms with van der Waals surface area (Å²) in [4.78, 5) is 17.3. The normalized spacial score (nSPS) is 10.8. The minimum Gasteiger partial charge on any atom is -0.495 e. The highest BCUT2D eigenvalue weighted by Gasteiger charge is 2.18. The van der Waals surface area contributed by atoms with Crippen LogP contribution in [-0.4, -0.2) is 40.0 Å². The van der Waals surface area contributed by atoms with Crippen molar-refractivity contribution in [3.63, 3.8) is 0 Å². The molecule has 170 valence electrons. The van der Waals surface area contributed by atoms with Crippen LogP contribution in [0.4, 0.5) is 5.69 Å². The number of methoxy groups -OCH3 is 2. The Morgan fingerprint density at radius 3 is 2.52 bits per heavy atom. The lowest BCUT2D eigenvalue weighted by atomic mass is 10.2. The average molecular weight is 468 g/mol. The Labute approximate surface area is 195 Å². The van der Waals surface area contributed by atoms with Gasteiger partial charge in [0.15, 0.2) is 0 Å². The lowest BCUT2D eigenvalue weighted by Gasteiger charge is -2.12. The number of amides is 1. The van der Waals surface area contributed by atoms with Gasteiger partial charge in [0.2, 0.25) is 11.7 Å². The Kier molecular flexibility index (Phi) is 6.32. The summed E-state index contributed by atoms with van der Waals surface area (Å²) in [7, 11) is 3.01. The number of benzene rings is 2. The van der Waals surface area contributed by atoms with Crippen molar-refractivity contribution in [2.24, 2.45) is 0 Å². The smallest absolute Gasteiger partial charge is 0.259 e. The summed E-state index contributed by atoms with van der Waals surface area (Å²) in [6.45, 7) is 3.72. The number of nitrogens with zero attached hydrogens (tertiary/aromatic N) is 4. The van der Waals surface area contributed by atoms with Gasteiger partial charge >= 0.3 is 0 Å². The maximum atomic E-state index is 13.0. The van der Waals surface area contributed by atoms with Crippen molar-refractivity contribution in [3.8, 4) is 28.6 Å². The van der Waals surface area contributed by atoms with Crippen molar-refractivity contribution in [2.75, 3.05) is 19.5 Å². The van der Waals surface area contributed by atoms with Gasteiger partial charge in [-0.3, -0.25) is 4.79 Å². The Morgan fingerprint density at radius 1 is 1.15 bits per heavy atom. The lowest BCUT2D eigenvalue weighted by Crippen LogP contribution is -2.13. The van der Waals surface area contributed by atoms with E-state index in [1.165, 1.54) is 14.2 Å². The Bertz CT molecular complexity index is 1300. The van der Waals surface area contributed by atoms with E-state index in [0.29, 0.717) is 51.6 Å². The van der Waals surface area contributed by atoms with Crippen LogP contribution in [0.25, 0.3) is 17.1 Å². The van der Waals surface area contributed by atoms with Gasteiger partial charge in [0.25, 0.3) is 5.91 Å². The molecule has 10 heteroatoms. The molecule has 0 radical (unpaired) electrons. The van der Waals surface area contributed by atoms with Crippen LogP contribution in [0, 0.1) is 6.92 Å². The molecule has 1 amide bonds. The van der Waals surface area contributed by atoms with Crippen LogP contribution >= 0.6 is 11.6 Å². The van der Waals surface area contributed by atoms with Crippen LogP contribution in [0.2, 0.25) is 5.02 Å². The first-order valence-electron chi connectivity index (χ1n) is 10.2. The zero-order valence-electron chi connectivity index (χ0n) is 18.5. The van der Waals surface area contributed by atoms with Gasteiger partial charge in [-0.1, -0.05) is 23.7 Å². The highest BCUT2D eigenvalue weighted by Crippen LogP contribution is 2.36. The van der Waals surface area contributed by atoms with E-state index in [0.717, 1.165) is 11.3 Å². The zero-order valence-corrected chi connectivity index (χ0v) is 19.3. The molecule has 0 aliphatic rings. The molecule has 4 rings (SSSR count). The number of aromatic nitrogens is 4. The standard InChI is InChI=1S/C23H22ClN5O4/c1-5-21-26-22(28-33-21)14-6-8-15(9-7-14)29-12-16(13(2)27-29)23(30)25-18-10-17(24)19(31-3)11-20(18)32-4/h6-12H,5H2,1-4H3,(H,25,30). The molecule has 1 N–H and O–H groups in total. The van der Waals surface area contributed by atoms with E-state index in [-0.39, 0.29) is 5.91 Å². The summed E-state index contributed by atoms with van der Waals surface area (Å²) >= 11 is 6.21. The SMILES string of the molecule is CCc1nc(-c2ccc(-n3cc(C(=O)Nc4cc(Cl)c(OC)cc4OC)c(C)n3)cc2)no1. The van der Waals surface area contributed by atoms with Gasteiger partial charge in [-0.15, -0.1) is 0 Å². The number of aryl methyl sites for hydroxylation is 2. The minimum absolute atomic E-state index is 0.339. The second-order valence-corrected chi connectivity index (χ2v) is 7.53. The van der Waals surface area contributed by atoms with Crippen LogP contribution in [0.3, 0.4) is 0 Å². The number of nitrogens with one attached hydrogen (secondary N) is 1. The third-order valence-electron chi connectivity index (χ3n) is 5.03. The van der Waals surface area contributed by atoms with Crippen molar-refractivity contribution in [3.05, 3.63) is 64.8 Å². The molecule has 0 spiro atoms. The first-order chi connectivity index (χ1) is 15.9. The third kappa shape index (κ3) is 4.54. The first kappa shape index (κ1) is 22.3. The molecule has 4 aromatic rings. The zero-order chi connectivity index (χ0) is 23.5. The highest BCUT2D eigenvalue weighted by molar-refractivity contribution is 6.32. The maximum Gasteiger partial charge on any atom is 0.259 e. The molecule has 0 saturated carbocycles. The van der Waals surface area contributed by atoms with Crippen molar-refractivity contribution in [2.45, 2.75) is 20.3 Å². The first-order valence-corrected chi connectivity index (χ1v) is 10.5. The molecule has 0 aliphatic heterocycles. The molecule has 33 heavy (non-hydrogen) atoms. The predicted molar refractivity (Wildman–Crippen MR) is 123 cm³/mol. The summed E-state index contributed by atoms with van der Waals surface area (Å²) in [5.41, 5.74) is 3.02. The monoisotopic (exact) mass is 467 g/mol. The molecule has 0 atom stereocenters. The second-order valence-electron chi connectivity index (χ2n) is 7.13. The number of carbonyl (C=O) groups is 1. The van der Waals surface area contributed by atoms with Gasteiger partial charge in [0.05, 0.1) is 41.9 Å². The van der Waals surface area contributed by atoms with Gasteiger partial charge in [-0.05, 0) is 37.3 Å². The van der Waals surface area contributed by atoms with E-state index in [1.807, 2.05) is 31.2 Å². The largest absolute Gasteiger partial charge is 0.495 e. The van der Waals surface area contributed by atoms with Gasteiger partial charge in [-0.25, -0.2) is 4.68 Å². The van der Waals surface area contributed by atoms with Crippen molar-refractivity contribution in [1.82, 2.24) is 19.9 Å². The van der Waals surface area contributed by atoms with Crippen LogP contribution < -0.4 is 14.8 Å². The number of hydrogen-bond acceptors (Lipinski definition) is 7. The van der Waals surface area contributed by atoms with E-state index < -0.39 is 0 Å². The van der Waals surface area contributed by atoms with Crippen LogP contribution in [0.15, 0.2) is 47.1 Å². The number of anilines is 1. The van der Waals surface area contributed by atoms with Gasteiger partial charge in [-0.2, -0.15) is 10.1 Å². The lowest BCUT2D eigenvalue weighted by molar-refractivity contribution is 0.102. The predicted octanol–water partition coefficient (Wildman–Crippen LogP) is 4.72. The van der Waals surface area contributed by atoms with E-state index in [1.54, 1.807) is 29.9 Å². The minimum atomic E-state index is -0.339. The fourth-order valence-electron chi connectivity index (χ4n) is 3.24. The molecule has 0 fully saturated rings. The summed E-state index contributed by atoms with van der Waals surface area (Å²) in [6, 6.07) is 10.7. The fourth-order valence-corrected chi connectivity index (χ4v) is 3.48. The number of carbonyl (C=O) groups excluding carboxylic acids is 1. The van der Waals surface area contributed by atoms with E-state index in [4.69, 9.17) is 25.6 Å². The molecule has 9 nitrogen and oxygen atoms in total. The molecule has 0 bridgehead atoms. The maximum absolute atomic E-state index is 13.0. The van der Waals surface area contributed by atoms with Crippen molar-refractivity contribution in [1.29, 1.82) is 0 Å². The molecule has 2 aromatic carbocycles. The number of rotatable bonds is 7. The van der Waals surface area contributed by atoms with Crippen LogP contribution in [0.5, 0.6) is 11.5 Å². The Morgan fingerprint density at radius 2 is 1.88 bits per heavy atom. The molecule has 0 aliphatic carbocycles. The average Bonchev–Trinajstić information content (AvgIpc) is 3.46. The summed E-state index contributed by atoms with van der Waals surface area (Å²) in [6.07, 6.45) is 2.35. The number of halogens is 1. The molecule has 0 saturated heterocycles. The quantitative estimate of drug-likeness (QED) is 0.419. The van der Waals surface area contributed by atoms with Gasteiger partial charge < -0.3 is 19.3 Å².